The molecule has 0 bridgehead atoms. The molecule has 150 valence electrons. The average Bonchev–Trinajstić information content (AvgIpc) is 3.13. The average molecular weight is 459 g/mol. The molecule has 3 heterocycles. The normalized spacial score (nSPS) is 19.1. The quantitative estimate of drug-likeness (QED) is 0.602. The van der Waals surface area contributed by atoms with Gasteiger partial charge < -0.3 is 15.8 Å². The van der Waals surface area contributed by atoms with Gasteiger partial charge in [-0.2, -0.15) is 0 Å². The number of halogens is 1. The van der Waals surface area contributed by atoms with Crippen LogP contribution in [-0.2, 0) is 0 Å². The van der Waals surface area contributed by atoms with Crippen LogP contribution in [0, 0.1) is 0 Å². The van der Waals surface area contributed by atoms with Crippen molar-refractivity contribution in [1.29, 1.82) is 0 Å². The fourth-order valence-electron chi connectivity index (χ4n) is 3.44. The van der Waals surface area contributed by atoms with Crippen LogP contribution in [0.1, 0.15) is 46.5 Å². The van der Waals surface area contributed by atoms with E-state index in [1.807, 2.05) is 6.07 Å². The number of fused-ring (bicyclic) bond motifs is 1. The summed E-state index contributed by atoms with van der Waals surface area (Å²) in [7, 11) is 0. The molecule has 0 radical (unpaired) electrons. The molecule has 2 amide bonds. The zero-order valence-corrected chi connectivity index (χ0v) is 17.0. The summed E-state index contributed by atoms with van der Waals surface area (Å²) in [6.07, 6.45) is 6.20. The number of rotatable bonds is 5. The van der Waals surface area contributed by atoms with Gasteiger partial charge in [0, 0.05) is 22.9 Å². The maximum atomic E-state index is 12.6. The van der Waals surface area contributed by atoms with E-state index in [1.54, 1.807) is 35.1 Å². The SMILES string of the molecule is NC(=O)c1cccnc1OC1CCC(NC(=O)c2nnn3cc(Br)ccc23)CC1. The maximum Gasteiger partial charge on any atom is 0.274 e. The van der Waals surface area contributed by atoms with E-state index in [9.17, 15) is 9.59 Å². The molecule has 9 nitrogen and oxygen atoms in total. The second-order valence-electron chi connectivity index (χ2n) is 6.90. The van der Waals surface area contributed by atoms with E-state index < -0.39 is 5.91 Å². The molecule has 0 atom stereocenters. The number of nitrogens with zero attached hydrogens (tertiary/aromatic N) is 4. The van der Waals surface area contributed by atoms with Crippen LogP contribution in [0.4, 0.5) is 0 Å². The van der Waals surface area contributed by atoms with Gasteiger partial charge >= 0.3 is 0 Å². The molecule has 3 N–H and O–H groups in total. The van der Waals surface area contributed by atoms with Crippen LogP contribution in [0.5, 0.6) is 5.88 Å². The Morgan fingerprint density at radius 1 is 1.21 bits per heavy atom. The first-order chi connectivity index (χ1) is 14.0. The summed E-state index contributed by atoms with van der Waals surface area (Å²) < 4.78 is 8.30. The number of nitrogens with one attached hydrogen (secondary N) is 1. The summed E-state index contributed by atoms with van der Waals surface area (Å²) in [5.41, 5.74) is 6.59. The summed E-state index contributed by atoms with van der Waals surface area (Å²) in [5, 5.41) is 11.0. The molecular weight excluding hydrogens is 440 g/mol. The monoisotopic (exact) mass is 458 g/mol. The number of nitrogens with two attached hydrogens (primary N) is 1. The third-order valence-electron chi connectivity index (χ3n) is 4.92. The molecule has 3 aromatic rings. The Balaban J connectivity index is 1.35. The van der Waals surface area contributed by atoms with Gasteiger partial charge in [0.1, 0.15) is 11.7 Å². The Morgan fingerprint density at radius 2 is 2.00 bits per heavy atom. The van der Waals surface area contributed by atoms with Crippen LogP contribution in [0.25, 0.3) is 5.52 Å². The predicted octanol–water partition coefficient (Wildman–Crippen LogP) is 2.11. The smallest absolute Gasteiger partial charge is 0.274 e. The van der Waals surface area contributed by atoms with E-state index in [0.29, 0.717) is 11.2 Å². The van der Waals surface area contributed by atoms with E-state index in [2.05, 4.69) is 36.5 Å². The van der Waals surface area contributed by atoms with Crippen LogP contribution >= 0.6 is 15.9 Å². The molecule has 0 aromatic carbocycles. The fraction of sp³-hybridized carbons (Fsp3) is 0.316. The summed E-state index contributed by atoms with van der Waals surface area (Å²) in [5.74, 6) is -0.552. The van der Waals surface area contributed by atoms with E-state index in [4.69, 9.17) is 10.5 Å². The topological polar surface area (TPSA) is 124 Å². The van der Waals surface area contributed by atoms with Gasteiger partial charge in [-0.1, -0.05) is 5.21 Å². The summed E-state index contributed by atoms with van der Waals surface area (Å²) in [6.45, 7) is 0. The highest BCUT2D eigenvalue weighted by Crippen LogP contribution is 2.25. The number of hydrogen-bond acceptors (Lipinski definition) is 6. The minimum absolute atomic E-state index is 0.0221. The lowest BCUT2D eigenvalue weighted by Gasteiger charge is -2.29. The molecule has 0 unspecified atom stereocenters. The molecule has 0 spiro atoms. The molecule has 1 aliphatic rings. The Labute approximate surface area is 174 Å². The third-order valence-corrected chi connectivity index (χ3v) is 5.39. The molecule has 29 heavy (non-hydrogen) atoms. The highest BCUT2D eigenvalue weighted by Gasteiger charge is 2.26. The first-order valence-electron chi connectivity index (χ1n) is 9.24. The van der Waals surface area contributed by atoms with E-state index in [0.717, 1.165) is 30.2 Å². The minimum atomic E-state index is -0.568. The number of ether oxygens (including phenoxy) is 1. The molecule has 0 saturated heterocycles. The summed E-state index contributed by atoms with van der Waals surface area (Å²) in [6, 6.07) is 6.90. The lowest BCUT2D eigenvalue weighted by atomic mass is 9.93. The zero-order valence-electron chi connectivity index (χ0n) is 15.4. The highest BCUT2D eigenvalue weighted by molar-refractivity contribution is 9.10. The van der Waals surface area contributed by atoms with Gasteiger partial charge in [0.25, 0.3) is 11.8 Å². The molecular formula is C19H19BrN6O3. The number of amides is 2. The third kappa shape index (κ3) is 4.21. The van der Waals surface area contributed by atoms with Crippen LogP contribution in [0.3, 0.4) is 0 Å². The lowest BCUT2D eigenvalue weighted by molar-refractivity contribution is 0.0878. The highest BCUT2D eigenvalue weighted by atomic mass is 79.9. The van der Waals surface area contributed by atoms with Crippen molar-refractivity contribution < 1.29 is 14.3 Å². The van der Waals surface area contributed by atoms with E-state index >= 15 is 0 Å². The van der Waals surface area contributed by atoms with Gasteiger partial charge in [-0.3, -0.25) is 9.59 Å². The predicted molar refractivity (Wildman–Crippen MR) is 108 cm³/mol. The number of primary amides is 1. The Morgan fingerprint density at radius 3 is 2.76 bits per heavy atom. The number of carbonyl (C=O) groups is 2. The number of aromatic nitrogens is 4. The van der Waals surface area contributed by atoms with Crippen molar-refractivity contribution in [2.45, 2.75) is 37.8 Å². The first kappa shape index (κ1) is 19.3. The Kier molecular flexibility index (Phi) is 5.43. The standard InChI is InChI=1S/C19H19BrN6O3/c20-11-3-8-15-16(24-25-26(15)10-11)18(28)23-12-4-6-13(7-5-12)29-19-14(17(21)27)2-1-9-22-19/h1-3,8-10,12-13H,4-7H2,(H2,21,27)(H,23,28). The molecule has 4 rings (SSSR count). The van der Waals surface area contributed by atoms with Gasteiger partial charge in [0.2, 0.25) is 5.88 Å². The number of hydrogen-bond donors (Lipinski definition) is 2. The van der Waals surface area contributed by atoms with E-state index in [-0.39, 0.29) is 29.5 Å². The molecule has 0 aliphatic heterocycles. The minimum Gasteiger partial charge on any atom is -0.474 e. The van der Waals surface area contributed by atoms with Crippen LogP contribution in [-0.4, -0.2) is 43.8 Å². The van der Waals surface area contributed by atoms with Gasteiger partial charge in [-0.05, 0) is 65.9 Å². The molecule has 10 heteroatoms. The van der Waals surface area contributed by atoms with Crippen molar-refractivity contribution in [3.05, 3.63) is 52.4 Å². The van der Waals surface area contributed by atoms with Crippen LogP contribution < -0.4 is 15.8 Å². The van der Waals surface area contributed by atoms with Crippen molar-refractivity contribution >= 4 is 33.3 Å². The number of carbonyl (C=O) groups excluding carboxylic acids is 2. The second-order valence-corrected chi connectivity index (χ2v) is 7.82. The van der Waals surface area contributed by atoms with Crippen LogP contribution in [0.15, 0.2) is 41.1 Å². The zero-order chi connectivity index (χ0) is 20.4. The van der Waals surface area contributed by atoms with Gasteiger partial charge in [-0.25, -0.2) is 9.50 Å². The molecule has 1 saturated carbocycles. The van der Waals surface area contributed by atoms with E-state index in [1.165, 1.54) is 0 Å². The van der Waals surface area contributed by atoms with Crippen molar-refractivity contribution in [3.63, 3.8) is 0 Å². The lowest BCUT2D eigenvalue weighted by Crippen LogP contribution is -2.40. The Hall–Kier alpha value is -3.01. The summed E-state index contributed by atoms with van der Waals surface area (Å²) >= 11 is 3.37. The van der Waals surface area contributed by atoms with Crippen LogP contribution in [0.2, 0.25) is 0 Å². The van der Waals surface area contributed by atoms with Crippen molar-refractivity contribution in [2.24, 2.45) is 5.73 Å². The largest absolute Gasteiger partial charge is 0.474 e. The van der Waals surface area contributed by atoms with Gasteiger partial charge in [0.05, 0.1) is 5.52 Å². The van der Waals surface area contributed by atoms with Crippen molar-refractivity contribution in [3.8, 4) is 5.88 Å². The molecule has 1 fully saturated rings. The first-order valence-corrected chi connectivity index (χ1v) is 10.0. The summed E-state index contributed by atoms with van der Waals surface area (Å²) in [4.78, 5) is 28.3. The number of pyridine rings is 2. The fourth-order valence-corrected chi connectivity index (χ4v) is 3.77. The Bertz CT molecular complexity index is 1060. The van der Waals surface area contributed by atoms with Crippen molar-refractivity contribution in [1.82, 2.24) is 25.1 Å². The van der Waals surface area contributed by atoms with Crippen molar-refractivity contribution in [2.75, 3.05) is 0 Å². The van der Waals surface area contributed by atoms with Gasteiger partial charge in [-0.15, -0.1) is 5.10 Å². The maximum absolute atomic E-state index is 12.6. The molecule has 3 aromatic heterocycles. The molecule has 1 aliphatic carbocycles. The second kappa shape index (κ2) is 8.16. The van der Waals surface area contributed by atoms with Gasteiger partial charge in [0.15, 0.2) is 5.69 Å².